The van der Waals surface area contributed by atoms with Crippen molar-refractivity contribution in [2.75, 3.05) is 18.0 Å². The van der Waals surface area contributed by atoms with Crippen molar-refractivity contribution in [3.05, 3.63) is 125 Å². The first kappa shape index (κ1) is 33.6. The molecule has 0 bridgehead atoms. The number of sulfonamides is 1. The number of para-hydroxylation sites is 1. The average molecular weight is 648 g/mol. The van der Waals surface area contributed by atoms with Crippen LogP contribution in [-0.4, -0.2) is 50.9 Å². The van der Waals surface area contributed by atoms with Gasteiger partial charge in [0, 0.05) is 24.0 Å². The molecule has 236 valence electrons. The van der Waals surface area contributed by atoms with Crippen molar-refractivity contribution in [3.8, 4) is 5.75 Å². The van der Waals surface area contributed by atoms with Crippen LogP contribution in [0.4, 0.5) is 5.69 Å². The topological polar surface area (TPSA) is 96.0 Å². The first-order valence-corrected chi connectivity index (χ1v) is 16.5. The summed E-state index contributed by atoms with van der Waals surface area (Å²) in [7, 11) is -2.65. The summed E-state index contributed by atoms with van der Waals surface area (Å²) in [6, 6.07) is 29.9. The number of benzene rings is 4. The van der Waals surface area contributed by atoms with E-state index in [1.165, 1.54) is 29.2 Å². The van der Waals surface area contributed by atoms with E-state index in [2.05, 4.69) is 5.32 Å². The van der Waals surface area contributed by atoms with Gasteiger partial charge >= 0.3 is 0 Å². The molecule has 8 nitrogen and oxygen atoms in total. The number of carbonyl (C=O) groups is 2. The number of halogens is 1. The number of methoxy groups -OCH3 is 1. The summed E-state index contributed by atoms with van der Waals surface area (Å²) in [5.74, 6) is -0.268. The standard InChI is InChI=1S/C35H38ClN3O5S/c1-4-26(2)37-35(41)33(23-27-12-7-5-8-13-27)38(24-28-14-11-17-31(22-28)44-3)34(40)25-39(30-15-9-6-10-16-30)45(42,43)32-20-18-29(36)19-21-32/h5-22,26,33H,4,23-25H2,1-3H3,(H,37,41)/t26-,33-/m1/s1. The van der Waals surface area contributed by atoms with Gasteiger partial charge in [0.05, 0.1) is 17.7 Å². The van der Waals surface area contributed by atoms with Crippen LogP contribution >= 0.6 is 11.6 Å². The quantitative estimate of drug-likeness (QED) is 0.179. The first-order chi connectivity index (χ1) is 21.6. The molecule has 4 rings (SSSR count). The molecule has 0 aromatic heterocycles. The second-order valence-electron chi connectivity index (χ2n) is 10.7. The Hall–Kier alpha value is -4.34. The van der Waals surface area contributed by atoms with Gasteiger partial charge in [0.15, 0.2) is 0 Å². The lowest BCUT2D eigenvalue weighted by Crippen LogP contribution is -2.54. The smallest absolute Gasteiger partial charge is 0.264 e. The Morgan fingerprint density at radius 2 is 1.49 bits per heavy atom. The zero-order valence-corrected chi connectivity index (χ0v) is 27.2. The van der Waals surface area contributed by atoms with Crippen LogP contribution in [0.25, 0.3) is 0 Å². The Kier molecular flexibility index (Phi) is 11.6. The molecule has 4 aromatic carbocycles. The van der Waals surface area contributed by atoms with Crippen molar-refractivity contribution in [1.82, 2.24) is 10.2 Å². The van der Waals surface area contributed by atoms with Gasteiger partial charge in [0.1, 0.15) is 18.3 Å². The maximum Gasteiger partial charge on any atom is 0.264 e. The number of nitrogens with zero attached hydrogens (tertiary/aromatic N) is 2. The lowest BCUT2D eigenvalue weighted by Gasteiger charge is -2.34. The second kappa shape index (κ2) is 15.6. The van der Waals surface area contributed by atoms with E-state index in [1.54, 1.807) is 49.6 Å². The van der Waals surface area contributed by atoms with Crippen molar-refractivity contribution in [1.29, 1.82) is 0 Å². The fraction of sp³-hybridized carbons (Fsp3) is 0.257. The zero-order valence-electron chi connectivity index (χ0n) is 25.6. The minimum atomic E-state index is -4.20. The maximum atomic E-state index is 14.5. The van der Waals surface area contributed by atoms with Crippen LogP contribution in [0, 0.1) is 0 Å². The molecule has 0 radical (unpaired) electrons. The monoisotopic (exact) mass is 647 g/mol. The van der Waals surface area contributed by atoms with E-state index in [0.29, 0.717) is 22.9 Å². The Balaban J connectivity index is 1.80. The summed E-state index contributed by atoms with van der Waals surface area (Å²) in [6.07, 6.45) is 0.933. The Morgan fingerprint density at radius 3 is 2.11 bits per heavy atom. The van der Waals surface area contributed by atoms with Crippen LogP contribution in [0.5, 0.6) is 5.75 Å². The molecule has 0 saturated heterocycles. The third kappa shape index (κ3) is 8.86. The number of hydrogen-bond donors (Lipinski definition) is 1. The molecule has 0 spiro atoms. The summed E-state index contributed by atoms with van der Waals surface area (Å²) < 4.78 is 34.6. The van der Waals surface area contributed by atoms with Crippen molar-refractivity contribution in [2.24, 2.45) is 0 Å². The molecule has 2 amide bonds. The summed E-state index contributed by atoms with van der Waals surface area (Å²) in [6.45, 7) is 3.38. The molecule has 2 atom stereocenters. The first-order valence-electron chi connectivity index (χ1n) is 14.7. The molecule has 45 heavy (non-hydrogen) atoms. The van der Waals surface area contributed by atoms with Gasteiger partial charge in [-0.15, -0.1) is 0 Å². The fourth-order valence-electron chi connectivity index (χ4n) is 4.82. The number of hydrogen-bond acceptors (Lipinski definition) is 5. The predicted molar refractivity (Wildman–Crippen MR) is 178 cm³/mol. The minimum absolute atomic E-state index is 0.0155. The van der Waals surface area contributed by atoms with Crippen LogP contribution in [0.2, 0.25) is 5.02 Å². The number of rotatable bonds is 14. The fourth-order valence-corrected chi connectivity index (χ4v) is 6.36. The van der Waals surface area contributed by atoms with Crippen LogP contribution in [0.1, 0.15) is 31.4 Å². The van der Waals surface area contributed by atoms with Crippen LogP contribution < -0.4 is 14.4 Å². The minimum Gasteiger partial charge on any atom is -0.497 e. The summed E-state index contributed by atoms with van der Waals surface area (Å²) in [5, 5.41) is 3.42. The van der Waals surface area contributed by atoms with Gasteiger partial charge in [0.25, 0.3) is 10.0 Å². The molecule has 10 heteroatoms. The molecule has 0 fully saturated rings. The summed E-state index contributed by atoms with van der Waals surface area (Å²) >= 11 is 6.04. The molecule has 1 N–H and O–H groups in total. The van der Waals surface area contributed by atoms with Crippen molar-refractivity contribution < 1.29 is 22.7 Å². The Morgan fingerprint density at radius 1 is 0.867 bits per heavy atom. The summed E-state index contributed by atoms with van der Waals surface area (Å²) in [4.78, 5) is 29.9. The molecular formula is C35H38ClN3O5S. The Bertz CT molecular complexity index is 1670. The highest BCUT2D eigenvalue weighted by molar-refractivity contribution is 7.92. The van der Waals surface area contributed by atoms with Crippen molar-refractivity contribution in [3.63, 3.8) is 0 Å². The van der Waals surface area contributed by atoms with E-state index < -0.39 is 28.5 Å². The van der Waals surface area contributed by atoms with Gasteiger partial charge in [-0.05, 0) is 73.0 Å². The lowest BCUT2D eigenvalue weighted by atomic mass is 10.0. The molecule has 0 saturated carbocycles. The molecule has 0 unspecified atom stereocenters. The highest BCUT2D eigenvalue weighted by atomic mass is 35.5. The van der Waals surface area contributed by atoms with E-state index in [4.69, 9.17) is 16.3 Å². The molecule has 0 aliphatic heterocycles. The van der Waals surface area contributed by atoms with Gasteiger partial charge in [-0.3, -0.25) is 13.9 Å². The third-order valence-electron chi connectivity index (χ3n) is 7.48. The second-order valence-corrected chi connectivity index (χ2v) is 13.0. The largest absolute Gasteiger partial charge is 0.497 e. The van der Waals surface area contributed by atoms with E-state index in [0.717, 1.165) is 15.4 Å². The Labute approximate surface area is 270 Å². The van der Waals surface area contributed by atoms with Gasteiger partial charge in [-0.25, -0.2) is 8.42 Å². The normalized spacial score (nSPS) is 12.5. The number of amides is 2. The van der Waals surface area contributed by atoms with Gasteiger partial charge < -0.3 is 15.0 Å². The molecule has 4 aromatic rings. The van der Waals surface area contributed by atoms with Crippen LogP contribution in [-0.2, 0) is 32.6 Å². The van der Waals surface area contributed by atoms with E-state index in [1.807, 2.05) is 56.3 Å². The third-order valence-corrected chi connectivity index (χ3v) is 9.52. The molecule has 0 heterocycles. The van der Waals surface area contributed by atoms with Crippen molar-refractivity contribution in [2.45, 2.75) is 50.2 Å². The number of carbonyl (C=O) groups excluding carboxylic acids is 2. The molecule has 0 aliphatic carbocycles. The number of ether oxygens (including phenoxy) is 1. The average Bonchev–Trinajstić information content (AvgIpc) is 3.06. The zero-order chi connectivity index (χ0) is 32.4. The van der Waals surface area contributed by atoms with E-state index >= 15 is 0 Å². The predicted octanol–water partition coefficient (Wildman–Crippen LogP) is 6.10. The van der Waals surface area contributed by atoms with Crippen molar-refractivity contribution >= 4 is 39.1 Å². The molecule has 0 aliphatic rings. The highest BCUT2D eigenvalue weighted by Crippen LogP contribution is 2.26. The van der Waals surface area contributed by atoms with Crippen LogP contribution in [0.3, 0.4) is 0 Å². The van der Waals surface area contributed by atoms with E-state index in [-0.39, 0.29) is 29.8 Å². The number of anilines is 1. The summed E-state index contributed by atoms with van der Waals surface area (Å²) in [5.41, 5.74) is 1.90. The maximum absolute atomic E-state index is 14.5. The highest BCUT2D eigenvalue weighted by Gasteiger charge is 2.35. The molecular weight excluding hydrogens is 610 g/mol. The van der Waals surface area contributed by atoms with E-state index in [9.17, 15) is 18.0 Å². The SMILES string of the molecule is CC[C@@H](C)NC(=O)[C@@H](Cc1ccccc1)N(Cc1cccc(OC)c1)C(=O)CN(c1ccccc1)S(=O)(=O)c1ccc(Cl)cc1. The number of nitrogens with one attached hydrogen (secondary N) is 1. The van der Waals surface area contributed by atoms with Crippen LogP contribution in [0.15, 0.2) is 114 Å². The lowest BCUT2D eigenvalue weighted by molar-refractivity contribution is -0.140. The van der Waals surface area contributed by atoms with Gasteiger partial charge in [-0.2, -0.15) is 0 Å². The van der Waals surface area contributed by atoms with Gasteiger partial charge in [0.2, 0.25) is 11.8 Å². The van der Waals surface area contributed by atoms with Gasteiger partial charge in [-0.1, -0.05) is 79.2 Å².